The van der Waals surface area contributed by atoms with Crippen molar-refractivity contribution in [1.29, 1.82) is 0 Å². The predicted molar refractivity (Wildman–Crippen MR) is 192 cm³/mol. The Balaban J connectivity index is 1.45. The van der Waals surface area contributed by atoms with Gasteiger partial charge in [-0.25, -0.2) is 0 Å². The Hall–Kier alpha value is -3.65. The Morgan fingerprint density at radius 3 is 1.46 bits per heavy atom. The van der Waals surface area contributed by atoms with Gasteiger partial charge >= 0.3 is 0 Å². The van der Waals surface area contributed by atoms with E-state index in [0.29, 0.717) is 6.54 Å². The minimum atomic E-state index is -0.00247. The van der Waals surface area contributed by atoms with Gasteiger partial charge in [0.25, 0.3) is 0 Å². The molecule has 0 radical (unpaired) electrons. The van der Waals surface area contributed by atoms with Crippen LogP contribution in [0.2, 0.25) is 0 Å². The van der Waals surface area contributed by atoms with E-state index in [4.69, 9.17) is 0 Å². The molecule has 4 saturated carbocycles. The van der Waals surface area contributed by atoms with E-state index in [2.05, 4.69) is 126 Å². The molecule has 0 atom stereocenters. The quantitative estimate of drug-likeness (QED) is 0.207. The number of hydrogen-bond donors (Lipinski definition) is 0. The van der Waals surface area contributed by atoms with Crippen LogP contribution in [-0.4, -0.2) is 12.5 Å². The summed E-state index contributed by atoms with van der Waals surface area (Å²) in [5.74, 6) is 2.85. The minimum absolute atomic E-state index is 0.00247. The third-order valence-electron chi connectivity index (χ3n) is 11.8. The van der Waals surface area contributed by atoms with Crippen LogP contribution in [0.5, 0.6) is 0 Å². The van der Waals surface area contributed by atoms with Gasteiger partial charge in [0.2, 0.25) is 5.91 Å². The second-order valence-electron chi connectivity index (χ2n) is 17.3. The Morgan fingerprint density at radius 2 is 1.04 bits per heavy atom. The third-order valence-corrected chi connectivity index (χ3v) is 11.8. The summed E-state index contributed by atoms with van der Waals surface area (Å²) in [5, 5.41) is 0. The molecule has 4 aliphatic carbocycles. The lowest BCUT2D eigenvalue weighted by Gasteiger charge is -2.57. The van der Waals surface area contributed by atoms with E-state index in [-0.39, 0.29) is 22.2 Å². The molecule has 2 heteroatoms. The first-order chi connectivity index (χ1) is 21.9. The van der Waals surface area contributed by atoms with Crippen molar-refractivity contribution < 1.29 is 4.79 Å². The van der Waals surface area contributed by atoms with E-state index in [1.165, 1.54) is 83.0 Å². The highest BCUT2D eigenvalue weighted by molar-refractivity contribution is 6.12. The summed E-state index contributed by atoms with van der Waals surface area (Å²) < 4.78 is 0. The SMILES string of the molecule is CC(C)(C)c1ccccc1-c1cc(C23CC4CC(CC(C4)C2)C3)cc(-c2ccccc2C(C)(C)C)c1-c1ccc(N2CC2=O)cc1. The van der Waals surface area contributed by atoms with Gasteiger partial charge in [-0.15, -0.1) is 0 Å². The summed E-state index contributed by atoms with van der Waals surface area (Å²) in [6.45, 7) is 14.6. The maximum Gasteiger partial charge on any atom is 0.247 e. The highest BCUT2D eigenvalue weighted by atomic mass is 16.2. The smallest absolute Gasteiger partial charge is 0.247 e. The number of carbonyl (C=O) groups is 1. The zero-order valence-electron chi connectivity index (χ0n) is 28.6. The van der Waals surface area contributed by atoms with E-state index in [1.807, 2.05) is 4.90 Å². The van der Waals surface area contributed by atoms with Gasteiger partial charge in [-0.1, -0.05) is 102 Å². The Kier molecular flexibility index (Phi) is 6.74. The second-order valence-corrected chi connectivity index (χ2v) is 17.3. The van der Waals surface area contributed by atoms with Gasteiger partial charge in [0.15, 0.2) is 0 Å². The maximum absolute atomic E-state index is 12.0. The average molecular weight is 608 g/mol. The summed E-state index contributed by atoms with van der Waals surface area (Å²) in [7, 11) is 0. The highest BCUT2D eigenvalue weighted by Crippen LogP contribution is 2.62. The van der Waals surface area contributed by atoms with Crippen molar-refractivity contribution in [3.8, 4) is 33.4 Å². The van der Waals surface area contributed by atoms with Crippen molar-refractivity contribution in [3.63, 3.8) is 0 Å². The van der Waals surface area contributed by atoms with Gasteiger partial charge in [0.05, 0.1) is 0 Å². The molecule has 0 aromatic heterocycles. The number of nitrogens with zero attached hydrogens (tertiary/aromatic N) is 1. The highest BCUT2D eigenvalue weighted by Gasteiger charge is 2.52. The lowest BCUT2D eigenvalue weighted by atomic mass is 9.48. The van der Waals surface area contributed by atoms with Gasteiger partial charge in [-0.05, 0) is 147 Å². The molecule has 1 aliphatic heterocycles. The average Bonchev–Trinajstić information content (AvgIpc) is 3.75. The Morgan fingerprint density at radius 1 is 0.609 bits per heavy atom. The van der Waals surface area contributed by atoms with E-state index in [9.17, 15) is 4.79 Å². The number of amides is 1. The molecule has 0 N–H and O–H groups in total. The summed E-state index contributed by atoms with van der Waals surface area (Å²) in [4.78, 5) is 13.9. The zero-order valence-corrected chi connectivity index (χ0v) is 28.6. The topological polar surface area (TPSA) is 20.1 Å². The third kappa shape index (κ3) is 5.04. The van der Waals surface area contributed by atoms with E-state index in [1.54, 1.807) is 5.56 Å². The second kappa shape index (κ2) is 10.4. The monoisotopic (exact) mass is 607 g/mol. The number of carbonyl (C=O) groups excluding carboxylic acids is 1. The summed E-state index contributed by atoms with van der Waals surface area (Å²) in [6.07, 6.45) is 8.38. The Labute approximate surface area is 276 Å². The van der Waals surface area contributed by atoms with Gasteiger partial charge < -0.3 is 4.90 Å². The first-order valence-electron chi connectivity index (χ1n) is 17.7. The first-order valence-corrected chi connectivity index (χ1v) is 17.7. The van der Waals surface area contributed by atoms with Gasteiger partial charge in [-0.2, -0.15) is 0 Å². The van der Waals surface area contributed by atoms with Crippen LogP contribution in [0.15, 0.2) is 84.9 Å². The van der Waals surface area contributed by atoms with Crippen molar-refractivity contribution in [2.24, 2.45) is 17.8 Å². The normalized spacial score (nSPS) is 25.3. The first kappa shape index (κ1) is 29.7. The number of hydrogen-bond acceptors (Lipinski definition) is 1. The van der Waals surface area contributed by atoms with Crippen LogP contribution in [0.3, 0.4) is 0 Å². The molecule has 0 spiro atoms. The maximum atomic E-state index is 12.0. The van der Waals surface area contributed by atoms with Crippen molar-refractivity contribution >= 4 is 11.6 Å². The van der Waals surface area contributed by atoms with Crippen LogP contribution in [0, 0.1) is 17.8 Å². The molecule has 5 fully saturated rings. The molecular weight excluding hydrogens is 558 g/mol. The molecule has 9 rings (SSSR count). The molecule has 4 aromatic rings. The molecule has 1 heterocycles. The van der Waals surface area contributed by atoms with Crippen LogP contribution in [-0.2, 0) is 21.0 Å². The summed E-state index contributed by atoms with van der Waals surface area (Å²) >= 11 is 0. The lowest BCUT2D eigenvalue weighted by molar-refractivity contribution is -0.109. The molecule has 0 unspecified atom stereocenters. The van der Waals surface area contributed by atoms with Crippen LogP contribution in [0.25, 0.3) is 33.4 Å². The van der Waals surface area contributed by atoms with Crippen LogP contribution < -0.4 is 4.90 Å². The summed E-state index contributed by atoms with van der Waals surface area (Å²) in [6, 6.07) is 32.4. The Bertz CT molecular complexity index is 1720. The van der Waals surface area contributed by atoms with Crippen molar-refractivity contribution in [1.82, 2.24) is 0 Å². The fourth-order valence-electron chi connectivity index (χ4n) is 10.0. The molecule has 4 aromatic carbocycles. The van der Waals surface area contributed by atoms with Gasteiger partial charge in [0, 0.05) is 5.69 Å². The fourth-order valence-corrected chi connectivity index (χ4v) is 10.0. The molecule has 46 heavy (non-hydrogen) atoms. The molecule has 1 saturated heterocycles. The molecule has 1 amide bonds. The van der Waals surface area contributed by atoms with Crippen molar-refractivity contribution in [2.75, 3.05) is 11.4 Å². The van der Waals surface area contributed by atoms with E-state index >= 15 is 0 Å². The van der Waals surface area contributed by atoms with Crippen molar-refractivity contribution in [2.45, 2.75) is 96.3 Å². The predicted octanol–water partition coefficient (Wildman–Crippen LogP) is 11.1. The van der Waals surface area contributed by atoms with Crippen LogP contribution >= 0.6 is 0 Å². The molecular formula is C44H49NO. The largest absolute Gasteiger partial charge is 0.301 e. The number of anilines is 1. The van der Waals surface area contributed by atoms with Gasteiger partial charge in [-0.3, -0.25) is 4.79 Å². The van der Waals surface area contributed by atoms with Crippen molar-refractivity contribution in [3.05, 3.63) is 102 Å². The minimum Gasteiger partial charge on any atom is -0.301 e. The van der Waals surface area contributed by atoms with Crippen LogP contribution in [0.4, 0.5) is 5.69 Å². The lowest BCUT2D eigenvalue weighted by Crippen LogP contribution is -2.48. The standard InChI is InChI=1S/C44H49NO/c1-42(2,3)38-13-9-7-11-34(38)36-22-32(44-24-28-19-29(25-44)21-30(20-28)26-44)23-37(35-12-8-10-14-39(35)43(4,5)6)41(36)31-15-17-33(18-16-31)45-27-40(45)46/h7-18,22-23,28-30H,19-21,24-27H2,1-6H3. The van der Waals surface area contributed by atoms with Gasteiger partial charge in [0.1, 0.15) is 6.54 Å². The molecule has 4 bridgehead atoms. The fraction of sp³-hybridized carbons (Fsp3) is 0.432. The molecule has 236 valence electrons. The van der Waals surface area contributed by atoms with E-state index < -0.39 is 0 Å². The van der Waals surface area contributed by atoms with E-state index in [0.717, 1.165) is 23.4 Å². The number of rotatable bonds is 5. The molecule has 2 nitrogen and oxygen atoms in total. The zero-order chi connectivity index (χ0) is 32.0. The molecule has 5 aliphatic rings. The number of benzene rings is 4. The summed E-state index contributed by atoms with van der Waals surface area (Å²) in [5.41, 5.74) is 13.5. The van der Waals surface area contributed by atoms with Crippen LogP contribution in [0.1, 0.15) is 96.8 Å².